The van der Waals surface area contributed by atoms with Crippen LogP contribution in [0, 0.1) is 29.6 Å². The first-order chi connectivity index (χ1) is 17.3. The van der Waals surface area contributed by atoms with Crippen molar-refractivity contribution in [3.63, 3.8) is 0 Å². The molecular weight excluding hydrogens is 484 g/mol. The van der Waals surface area contributed by atoms with Crippen molar-refractivity contribution in [2.75, 3.05) is 26.4 Å². The average molecular weight is 511 g/mol. The molecule has 1 aromatic heterocycles. The van der Waals surface area contributed by atoms with Crippen molar-refractivity contribution in [1.29, 1.82) is 10.5 Å². The van der Waals surface area contributed by atoms with Crippen molar-refractivity contribution in [2.45, 2.75) is 34.1 Å². The van der Waals surface area contributed by atoms with E-state index in [1.54, 1.807) is 45.9 Å². The predicted molar refractivity (Wildman–Crippen MR) is 132 cm³/mol. The minimum Gasteiger partial charge on any atom is -0.490 e. The molecule has 9 nitrogen and oxygen atoms in total. The second kappa shape index (κ2) is 13.7. The summed E-state index contributed by atoms with van der Waals surface area (Å²) in [7, 11) is 0. The van der Waals surface area contributed by atoms with E-state index in [-0.39, 0.29) is 42.3 Å². The molecule has 188 valence electrons. The summed E-state index contributed by atoms with van der Waals surface area (Å²) in [6, 6.07) is 8.70. The van der Waals surface area contributed by atoms with Gasteiger partial charge in [0.1, 0.15) is 17.0 Å². The highest BCUT2D eigenvalue weighted by Gasteiger charge is 2.23. The van der Waals surface area contributed by atoms with Crippen molar-refractivity contribution < 1.29 is 33.3 Å². The summed E-state index contributed by atoms with van der Waals surface area (Å²) in [4.78, 5) is 37.3. The van der Waals surface area contributed by atoms with E-state index in [1.165, 1.54) is 6.08 Å². The highest BCUT2D eigenvalue weighted by atomic mass is 32.1. The Morgan fingerprint density at radius 2 is 1.72 bits per heavy atom. The molecule has 2 aromatic rings. The Morgan fingerprint density at radius 3 is 2.33 bits per heavy atom. The number of nitriles is 2. The molecule has 0 atom stereocenters. The van der Waals surface area contributed by atoms with E-state index in [9.17, 15) is 24.9 Å². The van der Waals surface area contributed by atoms with Gasteiger partial charge in [0.05, 0.1) is 31.0 Å². The lowest BCUT2D eigenvalue weighted by Gasteiger charge is -2.12. The third-order valence-electron chi connectivity index (χ3n) is 4.76. The zero-order valence-corrected chi connectivity index (χ0v) is 21.3. The normalized spacial score (nSPS) is 10.7. The van der Waals surface area contributed by atoms with Crippen LogP contribution in [0.5, 0.6) is 11.5 Å². The zero-order valence-electron chi connectivity index (χ0n) is 20.5. The van der Waals surface area contributed by atoms with Gasteiger partial charge in [0.2, 0.25) is 0 Å². The van der Waals surface area contributed by atoms with Crippen molar-refractivity contribution in [3.8, 4) is 23.6 Å². The van der Waals surface area contributed by atoms with Crippen molar-refractivity contribution >= 4 is 35.1 Å². The Hall–Kier alpha value is -4.15. The molecule has 0 N–H and O–H groups in total. The minimum atomic E-state index is -0.556. The summed E-state index contributed by atoms with van der Waals surface area (Å²) in [5.74, 6) is -0.940. The molecule has 0 aliphatic heterocycles. The van der Waals surface area contributed by atoms with Gasteiger partial charge in [-0.2, -0.15) is 10.5 Å². The van der Waals surface area contributed by atoms with Crippen LogP contribution >= 0.6 is 11.3 Å². The van der Waals surface area contributed by atoms with Crippen LogP contribution < -0.4 is 9.47 Å². The third-order valence-corrected chi connectivity index (χ3v) is 6.04. The molecule has 0 radical (unpaired) electrons. The quantitative estimate of drug-likeness (QED) is 0.234. The van der Waals surface area contributed by atoms with Crippen LogP contribution in [0.15, 0.2) is 23.8 Å². The van der Waals surface area contributed by atoms with Crippen LogP contribution in [0.2, 0.25) is 0 Å². The summed E-state index contributed by atoms with van der Waals surface area (Å²) in [6.07, 6.45) is 1.19. The molecule has 0 saturated heterocycles. The van der Waals surface area contributed by atoms with Crippen LogP contribution in [0.4, 0.5) is 0 Å². The van der Waals surface area contributed by atoms with Crippen LogP contribution in [-0.4, -0.2) is 44.1 Å². The van der Waals surface area contributed by atoms with Crippen LogP contribution in [-0.2, 0) is 25.5 Å². The number of Topliss-reactive ketones (excluding diaryl/α,β-unsaturated/α-hetero) is 1. The van der Waals surface area contributed by atoms with Gasteiger partial charge in [-0.3, -0.25) is 4.79 Å². The van der Waals surface area contributed by atoms with E-state index < -0.39 is 17.7 Å². The molecule has 0 spiro atoms. The molecule has 0 bridgehead atoms. The summed E-state index contributed by atoms with van der Waals surface area (Å²) < 4.78 is 20.9. The van der Waals surface area contributed by atoms with E-state index in [0.29, 0.717) is 34.1 Å². The smallest absolute Gasteiger partial charge is 0.348 e. The maximum atomic E-state index is 12.9. The number of esters is 2. The highest BCUT2D eigenvalue weighted by Crippen LogP contribution is 2.31. The molecule has 0 saturated carbocycles. The standard InChI is InChI=1S/C26H26N2O7S/c1-5-32-22-11-17(8-9-21(22)35-15-24(30)33-6-2)10-18(13-27)20(29)12-23-19(14-28)16(4)25(36-23)26(31)34-7-3/h8-11H,5-7,12,15H2,1-4H3. The molecule has 36 heavy (non-hydrogen) atoms. The number of rotatable bonds is 12. The number of ketones is 1. The highest BCUT2D eigenvalue weighted by molar-refractivity contribution is 7.14. The van der Waals surface area contributed by atoms with E-state index in [2.05, 4.69) is 0 Å². The Balaban J connectivity index is 2.30. The molecule has 1 heterocycles. The summed E-state index contributed by atoms with van der Waals surface area (Å²) in [5.41, 5.74) is 1.05. The number of nitrogens with zero attached hydrogens (tertiary/aromatic N) is 2. The topological polar surface area (TPSA) is 136 Å². The first-order valence-electron chi connectivity index (χ1n) is 11.2. The van der Waals surface area contributed by atoms with Gasteiger partial charge >= 0.3 is 11.9 Å². The van der Waals surface area contributed by atoms with Gasteiger partial charge in [-0.1, -0.05) is 6.07 Å². The molecule has 0 amide bonds. The Bertz CT molecular complexity index is 1250. The zero-order chi connectivity index (χ0) is 26.7. The van der Waals surface area contributed by atoms with Gasteiger partial charge < -0.3 is 18.9 Å². The van der Waals surface area contributed by atoms with Gasteiger partial charge in [0.15, 0.2) is 23.9 Å². The maximum absolute atomic E-state index is 12.9. The molecule has 1 aromatic carbocycles. The summed E-state index contributed by atoms with van der Waals surface area (Å²) in [6.45, 7) is 7.23. The van der Waals surface area contributed by atoms with Crippen molar-refractivity contribution in [2.24, 2.45) is 0 Å². The lowest BCUT2D eigenvalue weighted by atomic mass is 10.0. The number of allylic oxidation sites excluding steroid dienone is 1. The van der Waals surface area contributed by atoms with Gasteiger partial charge in [-0.15, -0.1) is 11.3 Å². The van der Waals surface area contributed by atoms with Crippen LogP contribution in [0.1, 0.15) is 52.0 Å². The molecule has 0 fully saturated rings. The largest absolute Gasteiger partial charge is 0.490 e. The van der Waals surface area contributed by atoms with E-state index >= 15 is 0 Å². The molecule has 2 rings (SSSR count). The number of ether oxygens (including phenoxy) is 4. The Kier molecular flexibility index (Phi) is 10.7. The molecule has 0 aliphatic rings. The fourth-order valence-electron chi connectivity index (χ4n) is 3.16. The minimum absolute atomic E-state index is 0.134. The Labute approximate surface area is 213 Å². The summed E-state index contributed by atoms with van der Waals surface area (Å²) >= 11 is 1.01. The van der Waals surface area contributed by atoms with Gasteiger partial charge in [0.25, 0.3) is 0 Å². The molecule has 10 heteroatoms. The van der Waals surface area contributed by atoms with Crippen molar-refractivity contribution in [3.05, 3.63) is 50.2 Å². The van der Waals surface area contributed by atoms with Crippen molar-refractivity contribution in [1.82, 2.24) is 0 Å². The van der Waals surface area contributed by atoms with Gasteiger partial charge in [-0.05, 0) is 57.0 Å². The lowest BCUT2D eigenvalue weighted by molar-refractivity contribution is -0.145. The second-order valence-electron chi connectivity index (χ2n) is 7.19. The molecule has 0 unspecified atom stereocenters. The lowest BCUT2D eigenvalue weighted by Crippen LogP contribution is -2.15. The van der Waals surface area contributed by atoms with E-state index in [4.69, 9.17) is 18.9 Å². The SMILES string of the molecule is CCOC(=O)COc1ccc(C=C(C#N)C(=O)Cc2sc(C(=O)OCC)c(C)c2C#N)cc1OCC. The monoisotopic (exact) mass is 510 g/mol. The number of hydrogen-bond donors (Lipinski definition) is 0. The second-order valence-corrected chi connectivity index (χ2v) is 8.29. The first kappa shape index (κ1) is 28.1. The molecular formula is C26H26N2O7S. The number of hydrogen-bond acceptors (Lipinski definition) is 10. The predicted octanol–water partition coefficient (Wildman–Crippen LogP) is 4.16. The first-order valence-corrected chi connectivity index (χ1v) is 12.0. The van der Waals surface area contributed by atoms with E-state index in [1.807, 2.05) is 12.1 Å². The summed E-state index contributed by atoms with van der Waals surface area (Å²) in [5, 5.41) is 19.2. The number of benzene rings is 1. The number of thiophene rings is 1. The fourth-order valence-corrected chi connectivity index (χ4v) is 4.31. The average Bonchev–Trinajstić information content (AvgIpc) is 3.17. The number of carbonyl (C=O) groups excluding carboxylic acids is 3. The van der Waals surface area contributed by atoms with Crippen LogP contribution in [0.25, 0.3) is 6.08 Å². The molecule has 0 aliphatic carbocycles. The van der Waals surface area contributed by atoms with E-state index in [0.717, 1.165) is 11.3 Å². The van der Waals surface area contributed by atoms with Crippen LogP contribution in [0.3, 0.4) is 0 Å². The van der Waals surface area contributed by atoms with Gasteiger partial charge in [0, 0.05) is 11.3 Å². The fraction of sp³-hybridized carbons (Fsp3) is 0.346. The third kappa shape index (κ3) is 7.17. The van der Waals surface area contributed by atoms with Gasteiger partial charge in [-0.25, -0.2) is 9.59 Å². The number of carbonyl (C=O) groups is 3. The Morgan fingerprint density at radius 1 is 1.00 bits per heavy atom. The maximum Gasteiger partial charge on any atom is 0.348 e.